The van der Waals surface area contributed by atoms with Gasteiger partial charge in [0.1, 0.15) is 5.82 Å². The zero-order valence-corrected chi connectivity index (χ0v) is 13.7. The normalized spacial score (nSPS) is 17.0. The molecule has 0 saturated carbocycles. The van der Waals surface area contributed by atoms with E-state index in [1.54, 1.807) is 0 Å². The minimum atomic E-state index is 1.06. The van der Waals surface area contributed by atoms with E-state index in [0.29, 0.717) is 0 Å². The van der Waals surface area contributed by atoms with E-state index < -0.39 is 0 Å². The molecule has 0 spiro atoms. The van der Waals surface area contributed by atoms with Crippen LogP contribution in [0.1, 0.15) is 17.7 Å². The molecule has 0 aromatic carbocycles. The Balaban J connectivity index is 1.58. The molecule has 0 atom stereocenters. The maximum atomic E-state index is 4.53. The summed E-state index contributed by atoms with van der Waals surface area (Å²) in [6, 6.07) is 8.46. The van der Waals surface area contributed by atoms with E-state index in [1.165, 1.54) is 50.4 Å². The maximum absolute atomic E-state index is 4.53. The molecule has 0 bridgehead atoms. The molecule has 3 rings (SSSR count). The van der Waals surface area contributed by atoms with Gasteiger partial charge in [0.05, 0.1) is 0 Å². The fourth-order valence-electron chi connectivity index (χ4n) is 3.11. The van der Waals surface area contributed by atoms with Gasteiger partial charge in [0.25, 0.3) is 0 Å². The van der Waals surface area contributed by atoms with Gasteiger partial charge in [0.15, 0.2) is 0 Å². The van der Waals surface area contributed by atoms with Crippen molar-refractivity contribution in [2.24, 2.45) is 0 Å². The highest BCUT2D eigenvalue weighted by Crippen LogP contribution is 2.15. The Labute approximate surface area is 133 Å². The standard InChI is InChI=1S/C18H26N4/c1-16-6-3-9-19-18(16)22-11-5-8-17(22)7-4-10-21-14-12-20(2)13-15-21/h3,5-6,8-9,11H,4,7,10,12-15H2,1-2H3. The number of piperazine rings is 1. The summed E-state index contributed by atoms with van der Waals surface area (Å²) in [5, 5.41) is 0. The molecule has 0 amide bonds. The highest BCUT2D eigenvalue weighted by Gasteiger charge is 2.13. The third-order valence-electron chi connectivity index (χ3n) is 4.55. The molecule has 4 heteroatoms. The van der Waals surface area contributed by atoms with Gasteiger partial charge in [0.2, 0.25) is 0 Å². The first-order valence-electron chi connectivity index (χ1n) is 8.23. The van der Waals surface area contributed by atoms with Crippen LogP contribution in [0.25, 0.3) is 5.82 Å². The number of hydrogen-bond acceptors (Lipinski definition) is 3. The van der Waals surface area contributed by atoms with Crippen LogP contribution in [0.3, 0.4) is 0 Å². The van der Waals surface area contributed by atoms with Crippen molar-refractivity contribution >= 4 is 0 Å². The second kappa shape index (κ2) is 7.07. The molecule has 0 radical (unpaired) electrons. The lowest BCUT2D eigenvalue weighted by Crippen LogP contribution is -2.44. The van der Waals surface area contributed by atoms with E-state index in [4.69, 9.17) is 0 Å². The van der Waals surface area contributed by atoms with Gasteiger partial charge in [0, 0.05) is 44.3 Å². The van der Waals surface area contributed by atoms with E-state index in [2.05, 4.69) is 57.7 Å². The van der Waals surface area contributed by atoms with E-state index in [1.807, 2.05) is 12.3 Å². The Morgan fingerprint density at radius 2 is 1.91 bits per heavy atom. The molecule has 0 aliphatic carbocycles. The Kier molecular flexibility index (Phi) is 4.90. The van der Waals surface area contributed by atoms with Crippen LogP contribution in [0.2, 0.25) is 0 Å². The second-order valence-corrected chi connectivity index (χ2v) is 6.26. The maximum Gasteiger partial charge on any atom is 0.139 e. The molecular weight excluding hydrogens is 272 g/mol. The molecule has 22 heavy (non-hydrogen) atoms. The molecule has 2 aromatic heterocycles. The fraction of sp³-hybridized carbons (Fsp3) is 0.500. The van der Waals surface area contributed by atoms with Gasteiger partial charge in [-0.05, 0) is 57.1 Å². The van der Waals surface area contributed by atoms with Crippen molar-refractivity contribution in [3.8, 4) is 5.82 Å². The summed E-state index contributed by atoms with van der Waals surface area (Å²) in [5.74, 6) is 1.06. The third-order valence-corrected chi connectivity index (χ3v) is 4.55. The van der Waals surface area contributed by atoms with Crippen LogP contribution >= 0.6 is 0 Å². The summed E-state index contributed by atoms with van der Waals surface area (Å²) >= 11 is 0. The van der Waals surface area contributed by atoms with E-state index >= 15 is 0 Å². The molecule has 1 saturated heterocycles. The largest absolute Gasteiger partial charge is 0.305 e. The average Bonchev–Trinajstić information content (AvgIpc) is 2.98. The Hall–Kier alpha value is -1.65. The van der Waals surface area contributed by atoms with Crippen LogP contribution in [0.4, 0.5) is 0 Å². The van der Waals surface area contributed by atoms with E-state index in [-0.39, 0.29) is 0 Å². The summed E-state index contributed by atoms with van der Waals surface area (Å²) in [4.78, 5) is 9.53. The Morgan fingerprint density at radius 3 is 2.68 bits per heavy atom. The molecule has 118 valence electrons. The molecule has 1 aliphatic rings. The highest BCUT2D eigenvalue weighted by molar-refractivity contribution is 5.35. The number of aromatic nitrogens is 2. The van der Waals surface area contributed by atoms with E-state index in [0.717, 1.165) is 12.2 Å². The van der Waals surface area contributed by atoms with Crippen molar-refractivity contribution in [2.75, 3.05) is 39.8 Å². The Bertz CT molecular complexity index is 597. The molecule has 0 N–H and O–H groups in total. The minimum Gasteiger partial charge on any atom is -0.305 e. The summed E-state index contributed by atoms with van der Waals surface area (Å²) < 4.78 is 2.24. The average molecular weight is 298 g/mol. The zero-order valence-electron chi connectivity index (χ0n) is 13.7. The van der Waals surface area contributed by atoms with Crippen LogP contribution in [-0.4, -0.2) is 59.1 Å². The summed E-state index contributed by atoms with van der Waals surface area (Å²) in [6.45, 7) is 8.12. The lowest BCUT2D eigenvalue weighted by molar-refractivity contribution is 0.153. The van der Waals surface area contributed by atoms with Gasteiger partial charge in [-0.1, -0.05) is 6.07 Å². The molecule has 2 aromatic rings. The van der Waals surface area contributed by atoms with Gasteiger partial charge < -0.3 is 14.4 Å². The van der Waals surface area contributed by atoms with Gasteiger partial charge >= 0.3 is 0 Å². The molecule has 4 nitrogen and oxygen atoms in total. The van der Waals surface area contributed by atoms with Gasteiger partial charge in [-0.3, -0.25) is 0 Å². The number of rotatable bonds is 5. The molecule has 1 aliphatic heterocycles. The zero-order chi connectivity index (χ0) is 15.4. The predicted octanol–water partition coefficient (Wildman–Crippen LogP) is 2.36. The number of pyridine rings is 1. The first kappa shape index (κ1) is 15.3. The topological polar surface area (TPSA) is 24.3 Å². The quantitative estimate of drug-likeness (QED) is 0.847. The number of likely N-dealkylation sites (N-methyl/N-ethyl adjacent to an activating group) is 1. The van der Waals surface area contributed by atoms with E-state index in [9.17, 15) is 0 Å². The first-order chi connectivity index (χ1) is 10.7. The van der Waals surface area contributed by atoms with Crippen molar-refractivity contribution in [2.45, 2.75) is 19.8 Å². The second-order valence-electron chi connectivity index (χ2n) is 6.26. The van der Waals surface area contributed by atoms with Crippen molar-refractivity contribution in [3.63, 3.8) is 0 Å². The lowest BCUT2D eigenvalue weighted by atomic mass is 10.2. The SMILES string of the molecule is Cc1cccnc1-n1cccc1CCCN1CCN(C)CC1. The van der Waals surface area contributed by atoms with Crippen LogP contribution in [-0.2, 0) is 6.42 Å². The highest BCUT2D eigenvalue weighted by atomic mass is 15.2. The molecule has 1 fully saturated rings. The van der Waals surface area contributed by atoms with Crippen molar-refractivity contribution in [1.29, 1.82) is 0 Å². The van der Waals surface area contributed by atoms with Gasteiger partial charge in [-0.2, -0.15) is 0 Å². The molecular formula is C18H26N4. The Morgan fingerprint density at radius 1 is 1.09 bits per heavy atom. The smallest absolute Gasteiger partial charge is 0.139 e. The van der Waals surface area contributed by atoms with Gasteiger partial charge in [-0.25, -0.2) is 4.98 Å². The third kappa shape index (κ3) is 3.57. The molecule has 3 heterocycles. The summed E-state index contributed by atoms with van der Waals surface area (Å²) in [6.07, 6.45) is 6.31. The lowest BCUT2D eigenvalue weighted by Gasteiger charge is -2.32. The molecule has 0 unspecified atom stereocenters. The van der Waals surface area contributed by atoms with Crippen molar-refractivity contribution in [1.82, 2.24) is 19.4 Å². The van der Waals surface area contributed by atoms with Crippen LogP contribution in [0.5, 0.6) is 0 Å². The van der Waals surface area contributed by atoms with Crippen LogP contribution in [0.15, 0.2) is 36.7 Å². The fourth-order valence-corrected chi connectivity index (χ4v) is 3.11. The number of hydrogen-bond donors (Lipinski definition) is 0. The van der Waals surface area contributed by atoms with Gasteiger partial charge in [-0.15, -0.1) is 0 Å². The number of nitrogens with zero attached hydrogens (tertiary/aromatic N) is 4. The van der Waals surface area contributed by atoms with Crippen molar-refractivity contribution in [3.05, 3.63) is 47.9 Å². The van der Waals surface area contributed by atoms with Crippen LogP contribution < -0.4 is 0 Å². The summed E-state index contributed by atoms with van der Waals surface area (Å²) in [5.41, 5.74) is 2.58. The minimum absolute atomic E-state index is 1.06. The number of aryl methyl sites for hydroxylation is 2. The summed E-state index contributed by atoms with van der Waals surface area (Å²) in [7, 11) is 2.21. The van der Waals surface area contributed by atoms with Crippen molar-refractivity contribution < 1.29 is 0 Å². The first-order valence-corrected chi connectivity index (χ1v) is 8.23. The monoisotopic (exact) mass is 298 g/mol. The van der Waals surface area contributed by atoms with Crippen LogP contribution in [0, 0.1) is 6.92 Å². The predicted molar refractivity (Wildman–Crippen MR) is 90.6 cm³/mol.